The molecule has 6 nitrogen and oxygen atoms in total. The van der Waals surface area contributed by atoms with Crippen LogP contribution in [0.4, 0.5) is 0 Å². The summed E-state index contributed by atoms with van der Waals surface area (Å²) in [5.74, 6) is 0.389. The number of benzene rings is 2. The Hall–Kier alpha value is -3.12. The number of methoxy groups -OCH3 is 1. The number of hydrogen-bond donors (Lipinski definition) is 2. The SMILES string of the molecule is COc1ccc(-c2cc(C(=O)N/N=C(/C)c3ccc(Cl)cc3)[nH]n2)cc1. The second kappa shape index (κ2) is 7.84. The lowest BCUT2D eigenvalue weighted by Gasteiger charge is -2.02. The van der Waals surface area contributed by atoms with Gasteiger partial charge in [0.05, 0.1) is 18.5 Å². The molecule has 1 amide bonds. The third kappa shape index (κ3) is 4.10. The van der Waals surface area contributed by atoms with E-state index in [-0.39, 0.29) is 5.91 Å². The van der Waals surface area contributed by atoms with Crippen molar-refractivity contribution >= 4 is 23.2 Å². The summed E-state index contributed by atoms with van der Waals surface area (Å²) >= 11 is 5.87. The second-order valence-electron chi connectivity index (χ2n) is 5.54. The number of nitrogens with zero attached hydrogens (tertiary/aromatic N) is 2. The fourth-order valence-electron chi connectivity index (χ4n) is 2.30. The first-order valence-electron chi connectivity index (χ1n) is 7.87. The molecule has 1 heterocycles. The fourth-order valence-corrected chi connectivity index (χ4v) is 2.42. The highest BCUT2D eigenvalue weighted by atomic mass is 35.5. The first-order chi connectivity index (χ1) is 12.6. The molecule has 1 aromatic heterocycles. The minimum absolute atomic E-state index is 0.323. The molecule has 2 aromatic carbocycles. The van der Waals surface area contributed by atoms with E-state index in [0.29, 0.717) is 22.1 Å². The van der Waals surface area contributed by atoms with Crippen LogP contribution in [-0.2, 0) is 0 Å². The van der Waals surface area contributed by atoms with Gasteiger partial charge in [0.15, 0.2) is 0 Å². The largest absolute Gasteiger partial charge is 0.497 e. The Kier molecular flexibility index (Phi) is 5.34. The molecule has 3 rings (SSSR count). The van der Waals surface area contributed by atoms with Gasteiger partial charge < -0.3 is 4.74 Å². The standard InChI is InChI=1S/C19H17ClN4O2/c1-12(13-3-7-15(20)8-4-13)21-24-19(25)18-11-17(22-23-18)14-5-9-16(26-2)10-6-14/h3-11H,1-2H3,(H,22,23)(H,24,25)/b21-12-. The van der Waals surface area contributed by atoms with Crippen molar-refractivity contribution < 1.29 is 9.53 Å². The van der Waals surface area contributed by atoms with Crippen molar-refractivity contribution in [2.45, 2.75) is 6.92 Å². The molecule has 0 bridgehead atoms. The zero-order chi connectivity index (χ0) is 18.5. The molecule has 0 saturated heterocycles. The van der Waals surface area contributed by atoms with Crippen molar-refractivity contribution in [2.75, 3.05) is 7.11 Å². The summed E-state index contributed by atoms with van der Waals surface area (Å²) in [5.41, 5.74) is 5.93. The van der Waals surface area contributed by atoms with Gasteiger partial charge in [-0.15, -0.1) is 0 Å². The van der Waals surface area contributed by atoms with Gasteiger partial charge in [0.25, 0.3) is 5.91 Å². The van der Waals surface area contributed by atoms with Gasteiger partial charge in [-0.2, -0.15) is 10.2 Å². The van der Waals surface area contributed by atoms with Gasteiger partial charge in [-0.05, 0) is 55.0 Å². The molecule has 0 aliphatic heterocycles. The summed E-state index contributed by atoms with van der Waals surface area (Å²) in [4.78, 5) is 12.2. The van der Waals surface area contributed by atoms with Crippen LogP contribution in [0.25, 0.3) is 11.3 Å². The van der Waals surface area contributed by atoms with Crippen molar-refractivity contribution in [3.05, 3.63) is 70.9 Å². The van der Waals surface area contributed by atoms with Crippen LogP contribution in [-0.4, -0.2) is 28.9 Å². The topological polar surface area (TPSA) is 79.4 Å². The van der Waals surface area contributed by atoms with Gasteiger partial charge >= 0.3 is 0 Å². The van der Waals surface area contributed by atoms with E-state index in [4.69, 9.17) is 16.3 Å². The van der Waals surface area contributed by atoms with E-state index in [1.807, 2.05) is 36.4 Å². The average molecular weight is 369 g/mol. The number of aromatic nitrogens is 2. The highest BCUT2D eigenvalue weighted by Gasteiger charge is 2.11. The normalized spacial score (nSPS) is 11.3. The zero-order valence-corrected chi connectivity index (χ0v) is 15.0. The van der Waals surface area contributed by atoms with E-state index in [2.05, 4.69) is 20.7 Å². The van der Waals surface area contributed by atoms with Crippen molar-refractivity contribution in [3.63, 3.8) is 0 Å². The molecule has 0 atom stereocenters. The van der Waals surface area contributed by atoms with Crippen molar-refractivity contribution in [1.29, 1.82) is 0 Å². The number of rotatable bonds is 5. The number of carbonyl (C=O) groups excluding carboxylic acids is 1. The molecule has 7 heteroatoms. The number of ether oxygens (including phenoxy) is 1. The summed E-state index contributed by atoms with van der Waals surface area (Å²) in [7, 11) is 1.61. The number of hydrogen-bond acceptors (Lipinski definition) is 4. The molecule has 3 aromatic rings. The Morgan fingerprint density at radius 3 is 2.50 bits per heavy atom. The predicted molar refractivity (Wildman–Crippen MR) is 102 cm³/mol. The Bertz CT molecular complexity index is 931. The molecular weight excluding hydrogens is 352 g/mol. The van der Waals surface area contributed by atoms with Gasteiger partial charge in [-0.25, -0.2) is 5.43 Å². The molecule has 26 heavy (non-hydrogen) atoms. The van der Waals surface area contributed by atoms with E-state index in [0.717, 1.165) is 16.9 Å². The summed E-state index contributed by atoms with van der Waals surface area (Å²) < 4.78 is 5.13. The number of amides is 1. The second-order valence-corrected chi connectivity index (χ2v) is 5.98. The first-order valence-corrected chi connectivity index (χ1v) is 8.25. The maximum atomic E-state index is 12.2. The molecule has 0 spiro atoms. The minimum atomic E-state index is -0.370. The van der Waals surface area contributed by atoms with E-state index in [1.165, 1.54) is 0 Å². The lowest BCUT2D eigenvalue weighted by molar-refractivity contribution is 0.0950. The molecule has 0 aliphatic carbocycles. The fraction of sp³-hybridized carbons (Fsp3) is 0.105. The third-order valence-electron chi connectivity index (χ3n) is 3.80. The van der Waals surface area contributed by atoms with Gasteiger partial charge in [-0.3, -0.25) is 9.89 Å². The van der Waals surface area contributed by atoms with Crippen LogP contribution in [0, 0.1) is 0 Å². The molecule has 0 fully saturated rings. The van der Waals surface area contributed by atoms with Gasteiger partial charge in [0.1, 0.15) is 11.4 Å². The highest BCUT2D eigenvalue weighted by molar-refractivity contribution is 6.30. The van der Waals surface area contributed by atoms with Gasteiger partial charge in [0, 0.05) is 10.6 Å². The zero-order valence-electron chi connectivity index (χ0n) is 14.3. The number of H-pyrrole nitrogens is 1. The van der Waals surface area contributed by atoms with E-state index in [9.17, 15) is 4.79 Å². The number of hydrazone groups is 1. The Labute approximate surface area is 155 Å². The van der Waals surface area contributed by atoms with E-state index in [1.54, 1.807) is 32.2 Å². The predicted octanol–water partition coefficient (Wildman–Crippen LogP) is 3.89. The molecular formula is C19H17ClN4O2. The van der Waals surface area contributed by atoms with Crippen LogP contribution >= 0.6 is 11.6 Å². The van der Waals surface area contributed by atoms with Crippen LogP contribution in [0.3, 0.4) is 0 Å². The maximum absolute atomic E-state index is 12.2. The van der Waals surface area contributed by atoms with Crippen LogP contribution in [0.15, 0.2) is 59.7 Å². The Morgan fingerprint density at radius 2 is 1.85 bits per heavy atom. The lowest BCUT2D eigenvalue weighted by atomic mass is 10.1. The Balaban J connectivity index is 1.69. The van der Waals surface area contributed by atoms with Crippen LogP contribution in [0.1, 0.15) is 23.0 Å². The average Bonchev–Trinajstić information content (AvgIpc) is 3.17. The summed E-state index contributed by atoms with van der Waals surface area (Å²) in [6.45, 7) is 1.80. The van der Waals surface area contributed by atoms with Crippen molar-refractivity contribution in [2.24, 2.45) is 5.10 Å². The van der Waals surface area contributed by atoms with Crippen LogP contribution in [0.5, 0.6) is 5.75 Å². The number of nitrogens with one attached hydrogen (secondary N) is 2. The van der Waals surface area contributed by atoms with E-state index >= 15 is 0 Å². The molecule has 2 N–H and O–H groups in total. The van der Waals surface area contributed by atoms with E-state index < -0.39 is 0 Å². The van der Waals surface area contributed by atoms with Crippen molar-refractivity contribution in [3.8, 4) is 17.0 Å². The summed E-state index contributed by atoms with van der Waals surface area (Å²) in [6.07, 6.45) is 0. The number of carbonyl (C=O) groups is 1. The summed E-state index contributed by atoms with van der Waals surface area (Å²) in [5, 5.41) is 11.7. The lowest BCUT2D eigenvalue weighted by Crippen LogP contribution is -2.19. The smallest absolute Gasteiger partial charge is 0.289 e. The number of halogens is 1. The molecule has 0 radical (unpaired) electrons. The quantitative estimate of drug-likeness (QED) is 0.529. The summed E-state index contributed by atoms with van der Waals surface area (Å²) in [6, 6.07) is 16.3. The molecule has 0 aliphatic rings. The Morgan fingerprint density at radius 1 is 1.15 bits per heavy atom. The van der Waals surface area contributed by atoms with Gasteiger partial charge in [-0.1, -0.05) is 23.7 Å². The van der Waals surface area contributed by atoms with Crippen molar-refractivity contribution in [1.82, 2.24) is 15.6 Å². The minimum Gasteiger partial charge on any atom is -0.497 e. The molecule has 132 valence electrons. The third-order valence-corrected chi connectivity index (χ3v) is 4.05. The maximum Gasteiger partial charge on any atom is 0.289 e. The molecule has 0 saturated carbocycles. The number of aromatic amines is 1. The first kappa shape index (κ1) is 17.7. The molecule has 0 unspecified atom stereocenters. The van der Waals surface area contributed by atoms with Crippen LogP contribution < -0.4 is 10.2 Å². The monoisotopic (exact) mass is 368 g/mol. The van der Waals surface area contributed by atoms with Gasteiger partial charge in [0.2, 0.25) is 0 Å². The highest BCUT2D eigenvalue weighted by Crippen LogP contribution is 2.21. The van der Waals surface area contributed by atoms with Crippen LogP contribution in [0.2, 0.25) is 5.02 Å².